The lowest BCUT2D eigenvalue weighted by atomic mass is 10.0. The van der Waals surface area contributed by atoms with Crippen LogP contribution in [0.5, 0.6) is 0 Å². The number of nitrogens with one attached hydrogen (secondary N) is 1. The van der Waals surface area contributed by atoms with E-state index in [2.05, 4.69) is 64.8 Å². The molecule has 3 rings (SSSR count). The van der Waals surface area contributed by atoms with E-state index in [1.807, 2.05) is 7.05 Å². The number of aryl methyl sites for hydroxylation is 1. The van der Waals surface area contributed by atoms with Crippen LogP contribution in [0.15, 0.2) is 54.6 Å². The molecule has 0 saturated carbocycles. The van der Waals surface area contributed by atoms with Crippen molar-refractivity contribution in [2.75, 3.05) is 25.0 Å². The third-order valence-corrected chi connectivity index (χ3v) is 4.35. The monoisotopic (exact) mass is 280 g/mol. The van der Waals surface area contributed by atoms with Crippen LogP contribution in [0.4, 0.5) is 5.69 Å². The van der Waals surface area contributed by atoms with Gasteiger partial charge in [-0.05, 0) is 43.5 Å². The maximum atomic E-state index is 3.37. The van der Waals surface area contributed by atoms with Gasteiger partial charge in [-0.1, -0.05) is 48.5 Å². The SMILES string of the molecule is CNCC(c1ccccc1)N1CCCCc2ccccc21. The minimum Gasteiger partial charge on any atom is -0.363 e. The third kappa shape index (κ3) is 3.11. The summed E-state index contributed by atoms with van der Waals surface area (Å²) in [5.74, 6) is 0. The van der Waals surface area contributed by atoms with Gasteiger partial charge in [-0.15, -0.1) is 0 Å². The Balaban J connectivity index is 1.99. The molecule has 0 aliphatic carbocycles. The quantitative estimate of drug-likeness (QED) is 0.916. The fourth-order valence-corrected chi connectivity index (χ4v) is 3.32. The summed E-state index contributed by atoms with van der Waals surface area (Å²) in [5, 5.41) is 3.37. The van der Waals surface area contributed by atoms with Crippen molar-refractivity contribution in [3.8, 4) is 0 Å². The highest BCUT2D eigenvalue weighted by molar-refractivity contribution is 5.56. The predicted molar refractivity (Wildman–Crippen MR) is 89.8 cm³/mol. The number of para-hydroxylation sites is 1. The van der Waals surface area contributed by atoms with Gasteiger partial charge in [0.15, 0.2) is 0 Å². The third-order valence-electron chi connectivity index (χ3n) is 4.35. The van der Waals surface area contributed by atoms with Gasteiger partial charge in [0.05, 0.1) is 6.04 Å². The Hall–Kier alpha value is -1.80. The minimum absolute atomic E-state index is 0.399. The lowest BCUT2D eigenvalue weighted by molar-refractivity contribution is 0.572. The zero-order valence-electron chi connectivity index (χ0n) is 12.8. The summed E-state index contributed by atoms with van der Waals surface area (Å²) in [7, 11) is 2.04. The molecule has 110 valence electrons. The normalized spacial score (nSPS) is 16.1. The highest BCUT2D eigenvalue weighted by atomic mass is 15.2. The van der Waals surface area contributed by atoms with Crippen LogP contribution < -0.4 is 10.2 Å². The summed E-state index contributed by atoms with van der Waals surface area (Å²) < 4.78 is 0. The maximum Gasteiger partial charge on any atom is 0.0666 e. The van der Waals surface area contributed by atoms with Gasteiger partial charge in [0, 0.05) is 18.8 Å². The molecule has 1 atom stereocenters. The first kappa shape index (κ1) is 14.2. The molecule has 1 aliphatic heterocycles. The standard InChI is InChI=1S/C19H24N2/c1-20-15-19(17-9-3-2-4-10-17)21-14-8-7-12-16-11-5-6-13-18(16)21/h2-6,9-11,13,19-20H,7-8,12,14-15H2,1H3. The molecule has 0 radical (unpaired) electrons. The molecule has 0 bridgehead atoms. The number of anilines is 1. The average Bonchev–Trinajstić information content (AvgIpc) is 2.76. The molecule has 0 fully saturated rings. The van der Waals surface area contributed by atoms with E-state index in [4.69, 9.17) is 0 Å². The summed E-state index contributed by atoms with van der Waals surface area (Å²) in [4.78, 5) is 2.59. The van der Waals surface area contributed by atoms with Crippen LogP contribution in [0.3, 0.4) is 0 Å². The lowest BCUT2D eigenvalue weighted by Crippen LogP contribution is -2.35. The number of rotatable bonds is 4. The molecule has 0 aromatic heterocycles. The zero-order chi connectivity index (χ0) is 14.5. The Bertz CT molecular complexity index is 565. The lowest BCUT2D eigenvalue weighted by Gasteiger charge is -2.34. The maximum absolute atomic E-state index is 3.37. The van der Waals surface area contributed by atoms with Crippen molar-refractivity contribution in [2.45, 2.75) is 25.3 Å². The molecule has 2 aromatic carbocycles. The molecule has 1 N–H and O–H groups in total. The Morgan fingerprint density at radius 3 is 2.57 bits per heavy atom. The first-order valence-electron chi connectivity index (χ1n) is 7.94. The highest BCUT2D eigenvalue weighted by Gasteiger charge is 2.23. The van der Waals surface area contributed by atoms with Crippen molar-refractivity contribution in [3.05, 3.63) is 65.7 Å². The van der Waals surface area contributed by atoms with Gasteiger partial charge in [-0.25, -0.2) is 0 Å². The Labute approximate surface area is 127 Å². The summed E-state index contributed by atoms with van der Waals surface area (Å²) in [5.41, 5.74) is 4.30. The van der Waals surface area contributed by atoms with Gasteiger partial charge in [0.2, 0.25) is 0 Å². The molecule has 2 heteroatoms. The number of hydrogen-bond acceptors (Lipinski definition) is 2. The van der Waals surface area contributed by atoms with Crippen LogP contribution in [-0.2, 0) is 6.42 Å². The molecule has 0 saturated heterocycles. The van der Waals surface area contributed by atoms with Crippen LogP contribution in [0.2, 0.25) is 0 Å². The Morgan fingerprint density at radius 1 is 1.00 bits per heavy atom. The predicted octanol–water partition coefficient (Wildman–Crippen LogP) is 3.79. The second kappa shape index (κ2) is 6.77. The fourth-order valence-electron chi connectivity index (χ4n) is 3.32. The van der Waals surface area contributed by atoms with E-state index in [0.29, 0.717) is 6.04 Å². The van der Waals surface area contributed by atoms with Gasteiger partial charge in [0.25, 0.3) is 0 Å². The second-order valence-corrected chi connectivity index (χ2v) is 5.76. The average molecular weight is 280 g/mol. The van der Waals surface area contributed by atoms with Gasteiger partial charge in [0.1, 0.15) is 0 Å². The minimum atomic E-state index is 0.399. The number of fused-ring (bicyclic) bond motifs is 1. The van der Waals surface area contributed by atoms with E-state index < -0.39 is 0 Å². The van der Waals surface area contributed by atoms with Crippen molar-refractivity contribution in [3.63, 3.8) is 0 Å². The van der Waals surface area contributed by atoms with Crippen molar-refractivity contribution >= 4 is 5.69 Å². The van der Waals surface area contributed by atoms with Crippen molar-refractivity contribution in [2.24, 2.45) is 0 Å². The van der Waals surface area contributed by atoms with E-state index in [-0.39, 0.29) is 0 Å². The number of benzene rings is 2. The summed E-state index contributed by atoms with van der Waals surface area (Å²) in [6.45, 7) is 2.11. The Morgan fingerprint density at radius 2 is 1.76 bits per heavy atom. The van der Waals surface area contributed by atoms with Crippen LogP contribution in [0.1, 0.15) is 30.0 Å². The molecule has 2 aromatic rings. The molecule has 1 aliphatic rings. The van der Waals surface area contributed by atoms with E-state index >= 15 is 0 Å². The van der Waals surface area contributed by atoms with Crippen LogP contribution in [0, 0.1) is 0 Å². The summed E-state index contributed by atoms with van der Waals surface area (Å²) >= 11 is 0. The largest absolute Gasteiger partial charge is 0.363 e. The fraction of sp³-hybridized carbons (Fsp3) is 0.368. The number of nitrogens with zero attached hydrogens (tertiary/aromatic N) is 1. The molecule has 1 heterocycles. The smallest absolute Gasteiger partial charge is 0.0666 e. The molecule has 1 unspecified atom stereocenters. The van der Waals surface area contributed by atoms with Crippen LogP contribution in [-0.4, -0.2) is 20.1 Å². The first-order valence-corrected chi connectivity index (χ1v) is 7.94. The molecule has 2 nitrogen and oxygen atoms in total. The first-order chi connectivity index (χ1) is 10.4. The zero-order valence-corrected chi connectivity index (χ0v) is 12.8. The molecule has 0 amide bonds. The second-order valence-electron chi connectivity index (χ2n) is 5.76. The number of likely N-dealkylation sites (N-methyl/N-ethyl adjacent to an activating group) is 1. The summed E-state index contributed by atoms with van der Waals surface area (Å²) in [6.07, 6.45) is 3.75. The van der Waals surface area contributed by atoms with Gasteiger partial charge in [-0.2, -0.15) is 0 Å². The summed E-state index contributed by atoms with van der Waals surface area (Å²) in [6, 6.07) is 20.2. The van der Waals surface area contributed by atoms with E-state index in [1.54, 1.807) is 0 Å². The van der Waals surface area contributed by atoms with Crippen molar-refractivity contribution < 1.29 is 0 Å². The molecule has 21 heavy (non-hydrogen) atoms. The highest BCUT2D eigenvalue weighted by Crippen LogP contribution is 2.33. The van der Waals surface area contributed by atoms with E-state index in [0.717, 1.165) is 13.1 Å². The van der Waals surface area contributed by atoms with Gasteiger partial charge >= 0.3 is 0 Å². The van der Waals surface area contributed by atoms with Gasteiger partial charge in [-0.3, -0.25) is 0 Å². The van der Waals surface area contributed by atoms with Gasteiger partial charge < -0.3 is 10.2 Å². The molecular weight excluding hydrogens is 256 g/mol. The van der Waals surface area contributed by atoms with Crippen molar-refractivity contribution in [1.82, 2.24) is 5.32 Å². The molecular formula is C19H24N2. The topological polar surface area (TPSA) is 15.3 Å². The number of hydrogen-bond donors (Lipinski definition) is 1. The van der Waals surface area contributed by atoms with E-state index in [9.17, 15) is 0 Å². The van der Waals surface area contributed by atoms with Crippen LogP contribution in [0.25, 0.3) is 0 Å². The van der Waals surface area contributed by atoms with Crippen LogP contribution >= 0.6 is 0 Å². The van der Waals surface area contributed by atoms with E-state index in [1.165, 1.54) is 36.1 Å². The Kier molecular flexibility index (Phi) is 4.56. The van der Waals surface area contributed by atoms with Crippen molar-refractivity contribution in [1.29, 1.82) is 0 Å². The molecule has 0 spiro atoms.